The largest absolute Gasteiger partial charge is 0.353 e. The highest BCUT2D eigenvalue weighted by atomic mass is 16.1. The van der Waals surface area contributed by atoms with Crippen LogP contribution in [-0.4, -0.2) is 25.0 Å². The van der Waals surface area contributed by atoms with E-state index in [2.05, 4.69) is 31.4 Å². The summed E-state index contributed by atoms with van der Waals surface area (Å²) in [6, 6.07) is 1.07. The van der Waals surface area contributed by atoms with Crippen LogP contribution in [0.3, 0.4) is 0 Å². The lowest BCUT2D eigenvalue weighted by Crippen LogP contribution is -2.44. The minimum Gasteiger partial charge on any atom is -0.353 e. The number of nitrogens with one attached hydrogen (secondary N) is 2. The first kappa shape index (κ1) is 16.8. The third-order valence-corrected chi connectivity index (χ3v) is 5.80. The molecule has 3 heteroatoms. The normalized spacial score (nSPS) is 34.5. The van der Waals surface area contributed by atoms with E-state index < -0.39 is 0 Å². The third-order valence-electron chi connectivity index (χ3n) is 5.80. The van der Waals surface area contributed by atoms with Crippen molar-refractivity contribution in [2.75, 3.05) is 7.05 Å². The standard InChI is InChI=1S/C18H34N2O/c1-18(2,3)14-7-5-13(6-8-14)17(21)20-16-11-9-15(19-4)10-12-16/h13-16,19H,5-12H2,1-4H3,(H,20,21). The van der Waals surface area contributed by atoms with Crippen molar-refractivity contribution in [1.29, 1.82) is 0 Å². The highest BCUT2D eigenvalue weighted by molar-refractivity contribution is 5.79. The molecule has 0 aromatic carbocycles. The van der Waals surface area contributed by atoms with Crippen molar-refractivity contribution in [3.63, 3.8) is 0 Å². The zero-order chi connectivity index (χ0) is 15.5. The summed E-state index contributed by atoms with van der Waals surface area (Å²) in [5.41, 5.74) is 0.396. The molecule has 122 valence electrons. The maximum Gasteiger partial charge on any atom is 0.223 e. The van der Waals surface area contributed by atoms with Crippen LogP contribution in [0.25, 0.3) is 0 Å². The Kier molecular flexibility index (Phi) is 5.70. The van der Waals surface area contributed by atoms with Gasteiger partial charge in [0.2, 0.25) is 5.91 Å². The molecular formula is C18H34N2O. The van der Waals surface area contributed by atoms with E-state index in [9.17, 15) is 4.79 Å². The van der Waals surface area contributed by atoms with Gasteiger partial charge in [-0.3, -0.25) is 4.79 Å². The van der Waals surface area contributed by atoms with Crippen LogP contribution in [0.2, 0.25) is 0 Å². The van der Waals surface area contributed by atoms with Crippen molar-refractivity contribution in [2.45, 2.75) is 84.2 Å². The van der Waals surface area contributed by atoms with Crippen LogP contribution >= 0.6 is 0 Å². The van der Waals surface area contributed by atoms with Gasteiger partial charge in [-0.05, 0) is 69.7 Å². The molecule has 2 N–H and O–H groups in total. The summed E-state index contributed by atoms with van der Waals surface area (Å²) in [5, 5.41) is 6.67. The Morgan fingerprint density at radius 1 is 0.857 bits per heavy atom. The Labute approximate surface area is 130 Å². The molecule has 0 atom stereocenters. The van der Waals surface area contributed by atoms with Gasteiger partial charge in [-0.25, -0.2) is 0 Å². The van der Waals surface area contributed by atoms with Gasteiger partial charge >= 0.3 is 0 Å². The molecule has 2 saturated carbocycles. The molecule has 2 rings (SSSR count). The second kappa shape index (κ2) is 7.13. The van der Waals surface area contributed by atoms with E-state index in [1.165, 1.54) is 25.7 Å². The number of rotatable bonds is 3. The number of carbonyl (C=O) groups is 1. The molecule has 0 radical (unpaired) electrons. The first-order chi connectivity index (χ1) is 9.90. The van der Waals surface area contributed by atoms with E-state index in [-0.39, 0.29) is 5.92 Å². The highest BCUT2D eigenvalue weighted by Crippen LogP contribution is 2.39. The van der Waals surface area contributed by atoms with Crippen LogP contribution in [0, 0.1) is 17.3 Å². The van der Waals surface area contributed by atoms with Gasteiger partial charge in [0.05, 0.1) is 0 Å². The molecule has 0 bridgehead atoms. The van der Waals surface area contributed by atoms with Crippen LogP contribution in [-0.2, 0) is 4.79 Å². The fraction of sp³-hybridized carbons (Fsp3) is 0.944. The predicted octanol–water partition coefficient (Wildman–Crippen LogP) is 3.49. The molecule has 0 aliphatic heterocycles. The topological polar surface area (TPSA) is 41.1 Å². The van der Waals surface area contributed by atoms with Gasteiger partial charge in [0.25, 0.3) is 0 Å². The number of amides is 1. The van der Waals surface area contributed by atoms with E-state index in [0.29, 0.717) is 23.4 Å². The minimum atomic E-state index is 0.269. The molecule has 0 spiro atoms. The molecule has 0 aromatic heterocycles. The summed E-state index contributed by atoms with van der Waals surface area (Å²) < 4.78 is 0. The summed E-state index contributed by atoms with van der Waals surface area (Å²) in [5.74, 6) is 1.38. The Morgan fingerprint density at radius 2 is 1.38 bits per heavy atom. The Hall–Kier alpha value is -0.570. The third kappa shape index (κ3) is 4.70. The second-order valence-electron chi connectivity index (χ2n) is 8.26. The average Bonchev–Trinajstić information content (AvgIpc) is 2.47. The molecule has 0 heterocycles. The van der Waals surface area contributed by atoms with Gasteiger partial charge in [0.1, 0.15) is 0 Å². The van der Waals surface area contributed by atoms with Crippen molar-refractivity contribution < 1.29 is 4.79 Å². The molecule has 0 unspecified atom stereocenters. The van der Waals surface area contributed by atoms with Gasteiger partial charge in [-0.2, -0.15) is 0 Å². The van der Waals surface area contributed by atoms with Crippen LogP contribution < -0.4 is 10.6 Å². The van der Waals surface area contributed by atoms with E-state index >= 15 is 0 Å². The maximum absolute atomic E-state index is 12.4. The molecular weight excluding hydrogens is 260 g/mol. The zero-order valence-corrected chi connectivity index (χ0v) is 14.4. The number of carbonyl (C=O) groups excluding carboxylic acids is 1. The number of hydrogen-bond acceptors (Lipinski definition) is 2. The molecule has 21 heavy (non-hydrogen) atoms. The smallest absolute Gasteiger partial charge is 0.223 e. The van der Waals surface area contributed by atoms with Gasteiger partial charge in [-0.15, -0.1) is 0 Å². The van der Waals surface area contributed by atoms with Gasteiger partial charge in [0, 0.05) is 18.0 Å². The quantitative estimate of drug-likeness (QED) is 0.836. The fourth-order valence-electron chi connectivity index (χ4n) is 4.07. The fourth-order valence-corrected chi connectivity index (χ4v) is 4.07. The average molecular weight is 294 g/mol. The van der Waals surface area contributed by atoms with E-state index in [1.54, 1.807) is 0 Å². The molecule has 2 aliphatic rings. The SMILES string of the molecule is CNC1CCC(NC(=O)C2CCC(C(C)(C)C)CC2)CC1. The van der Waals surface area contributed by atoms with Gasteiger partial charge in [-0.1, -0.05) is 20.8 Å². The van der Waals surface area contributed by atoms with Crippen LogP contribution in [0.15, 0.2) is 0 Å². The van der Waals surface area contributed by atoms with Crippen molar-refractivity contribution in [3.05, 3.63) is 0 Å². The van der Waals surface area contributed by atoms with Crippen LogP contribution in [0.4, 0.5) is 0 Å². The lowest BCUT2D eigenvalue weighted by Gasteiger charge is -2.37. The zero-order valence-electron chi connectivity index (χ0n) is 14.4. The van der Waals surface area contributed by atoms with Gasteiger partial charge < -0.3 is 10.6 Å². The second-order valence-corrected chi connectivity index (χ2v) is 8.26. The van der Waals surface area contributed by atoms with Crippen LogP contribution in [0.5, 0.6) is 0 Å². The first-order valence-electron chi connectivity index (χ1n) is 8.87. The van der Waals surface area contributed by atoms with Crippen LogP contribution in [0.1, 0.15) is 72.1 Å². The van der Waals surface area contributed by atoms with E-state index in [1.807, 2.05) is 7.05 Å². The molecule has 0 saturated heterocycles. The molecule has 3 nitrogen and oxygen atoms in total. The highest BCUT2D eigenvalue weighted by Gasteiger charge is 2.33. The van der Waals surface area contributed by atoms with E-state index in [4.69, 9.17) is 0 Å². The summed E-state index contributed by atoms with van der Waals surface area (Å²) in [4.78, 5) is 12.4. The van der Waals surface area contributed by atoms with Crippen molar-refractivity contribution in [3.8, 4) is 0 Å². The van der Waals surface area contributed by atoms with Crippen molar-refractivity contribution in [1.82, 2.24) is 10.6 Å². The molecule has 2 aliphatic carbocycles. The molecule has 2 fully saturated rings. The summed E-state index contributed by atoms with van der Waals surface area (Å²) in [6.45, 7) is 6.99. The Balaban J connectivity index is 1.73. The van der Waals surface area contributed by atoms with Crippen molar-refractivity contribution in [2.24, 2.45) is 17.3 Å². The van der Waals surface area contributed by atoms with E-state index in [0.717, 1.165) is 31.6 Å². The number of hydrogen-bond donors (Lipinski definition) is 2. The van der Waals surface area contributed by atoms with Gasteiger partial charge in [0.15, 0.2) is 0 Å². The summed E-state index contributed by atoms with van der Waals surface area (Å²) >= 11 is 0. The van der Waals surface area contributed by atoms with Crippen molar-refractivity contribution >= 4 is 5.91 Å². The predicted molar refractivity (Wildman–Crippen MR) is 88.1 cm³/mol. The summed E-state index contributed by atoms with van der Waals surface area (Å²) in [6.07, 6.45) is 9.25. The minimum absolute atomic E-state index is 0.269. The molecule has 1 amide bonds. The maximum atomic E-state index is 12.4. The monoisotopic (exact) mass is 294 g/mol. The summed E-state index contributed by atoms with van der Waals surface area (Å²) in [7, 11) is 2.04. The lowest BCUT2D eigenvalue weighted by molar-refractivity contribution is -0.127. The Morgan fingerprint density at radius 3 is 1.86 bits per heavy atom. The lowest BCUT2D eigenvalue weighted by atomic mass is 9.69. The first-order valence-corrected chi connectivity index (χ1v) is 8.87. The molecule has 0 aromatic rings. The Bertz CT molecular complexity index is 332.